The molecule has 6 nitrogen and oxygen atoms in total. The predicted octanol–water partition coefficient (Wildman–Crippen LogP) is 2.28. The minimum atomic E-state index is -0.176. The second-order valence-corrected chi connectivity index (χ2v) is 5.14. The summed E-state index contributed by atoms with van der Waals surface area (Å²) in [5.41, 5.74) is 0.531. The van der Waals surface area contributed by atoms with Gasteiger partial charge in [-0.2, -0.15) is 0 Å². The van der Waals surface area contributed by atoms with Crippen LogP contribution in [0.4, 0.5) is 0 Å². The Labute approximate surface area is 140 Å². The van der Waals surface area contributed by atoms with Crippen molar-refractivity contribution in [2.75, 3.05) is 33.5 Å². The second-order valence-electron chi connectivity index (χ2n) is 5.14. The summed E-state index contributed by atoms with van der Waals surface area (Å²) >= 11 is 0. The Morgan fingerprint density at radius 2 is 1.75 bits per heavy atom. The van der Waals surface area contributed by atoms with Crippen LogP contribution < -0.4 is 24.3 Å². The number of carbonyl (C=O) groups is 1. The van der Waals surface area contributed by atoms with Gasteiger partial charge in [0.2, 0.25) is 0 Å². The predicted molar refractivity (Wildman–Crippen MR) is 88.3 cm³/mol. The Morgan fingerprint density at radius 3 is 2.50 bits per heavy atom. The Hall–Kier alpha value is -2.89. The van der Waals surface area contributed by atoms with Gasteiger partial charge in [0.15, 0.2) is 11.5 Å². The first kappa shape index (κ1) is 16.0. The topological polar surface area (TPSA) is 66.0 Å². The highest BCUT2D eigenvalue weighted by Crippen LogP contribution is 2.30. The van der Waals surface area contributed by atoms with Gasteiger partial charge in [-0.05, 0) is 42.5 Å². The summed E-state index contributed by atoms with van der Waals surface area (Å²) in [4.78, 5) is 12.1. The van der Waals surface area contributed by atoms with Crippen LogP contribution in [-0.4, -0.2) is 39.4 Å². The van der Waals surface area contributed by atoms with Crippen molar-refractivity contribution < 1.29 is 23.7 Å². The molecule has 1 amide bonds. The van der Waals surface area contributed by atoms with E-state index in [1.165, 1.54) is 0 Å². The van der Waals surface area contributed by atoms with Crippen LogP contribution >= 0.6 is 0 Å². The number of methoxy groups -OCH3 is 1. The van der Waals surface area contributed by atoms with Gasteiger partial charge in [0.05, 0.1) is 13.7 Å². The number of amides is 1. The number of benzene rings is 2. The monoisotopic (exact) mass is 329 g/mol. The van der Waals surface area contributed by atoms with E-state index in [0.29, 0.717) is 43.4 Å². The summed E-state index contributed by atoms with van der Waals surface area (Å²) in [5, 5.41) is 2.81. The van der Waals surface area contributed by atoms with Gasteiger partial charge in [0, 0.05) is 5.56 Å². The third-order valence-electron chi connectivity index (χ3n) is 3.52. The molecule has 126 valence electrons. The molecule has 0 saturated carbocycles. The molecule has 1 N–H and O–H groups in total. The molecule has 0 bridgehead atoms. The van der Waals surface area contributed by atoms with Gasteiger partial charge >= 0.3 is 0 Å². The largest absolute Gasteiger partial charge is 0.497 e. The van der Waals surface area contributed by atoms with Gasteiger partial charge in [0.25, 0.3) is 5.91 Å². The van der Waals surface area contributed by atoms with Crippen molar-refractivity contribution in [3.63, 3.8) is 0 Å². The van der Waals surface area contributed by atoms with Crippen LogP contribution in [-0.2, 0) is 0 Å². The SMILES string of the molecule is COc1ccc(OCCNC(=O)c2ccc3c(c2)OCCO3)cc1. The number of nitrogens with one attached hydrogen (secondary N) is 1. The Morgan fingerprint density at radius 1 is 1.04 bits per heavy atom. The van der Waals surface area contributed by atoms with Crippen LogP contribution in [0.2, 0.25) is 0 Å². The lowest BCUT2D eigenvalue weighted by atomic mass is 10.2. The molecule has 2 aromatic carbocycles. The fourth-order valence-corrected chi connectivity index (χ4v) is 2.29. The number of fused-ring (bicyclic) bond motifs is 1. The van der Waals surface area contributed by atoms with Crippen LogP contribution in [0.5, 0.6) is 23.0 Å². The minimum absolute atomic E-state index is 0.176. The van der Waals surface area contributed by atoms with Crippen LogP contribution in [0, 0.1) is 0 Å². The first-order chi connectivity index (χ1) is 11.8. The molecule has 1 aliphatic heterocycles. The maximum absolute atomic E-state index is 12.1. The molecule has 0 radical (unpaired) electrons. The highest BCUT2D eigenvalue weighted by molar-refractivity contribution is 5.94. The second kappa shape index (κ2) is 7.59. The zero-order valence-corrected chi connectivity index (χ0v) is 13.4. The molecule has 24 heavy (non-hydrogen) atoms. The van der Waals surface area contributed by atoms with Crippen molar-refractivity contribution in [2.24, 2.45) is 0 Å². The van der Waals surface area contributed by atoms with Gasteiger partial charge in [-0.1, -0.05) is 0 Å². The van der Waals surface area contributed by atoms with E-state index >= 15 is 0 Å². The first-order valence-corrected chi connectivity index (χ1v) is 7.71. The van der Waals surface area contributed by atoms with Crippen molar-refractivity contribution in [1.29, 1.82) is 0 Å². The van der Waals surface area contributed by atoms with E-state index in [0.717, 1.165) is 11.5 Å². The number of rotatable bonds is 6. The number of hydrogen-bond donors (Lipinski definition) is 1. The molecule has 0 unspecified atom stereocenters. The number of ether oxygens (including phenoxy) is 4. The van der Waals surface area contributed by atoms with Crippen molar-refractivity contribution >= 4 is 5.91 Å². The molecule has 1 heterocycles. The standard InChI is InChI=1S/C18H19NO5/c1-21-14-3-5-15(6-4-14)22-9-8-19-18(20)13-2-7-16-17(12-13)24-11-10-23-16/h2-7,12H,8-11H2,1H3,(H,19,20). The van der Waals surface area contributed by atoms with Crippen molar-refractivity contribution in [1.82, 2.24) is 5.32 Å². The van der Waals surface area contributed by atoms with Crippen LogP contribution in [0.3, 0.4) is 0 Å². The highest BCUT2D eigenvalue weighted by atomic mass is 16.6. The molecule has 0 spiro atoms. The Kier molecular flexibility index (Phi) is 5.05. The average molecular weight is 329 g/mol. The van der Waals surface area contributed by atoms with Gasteiger partial charge in [-0.15, -0.1) is 0 Å². The lowest BCUT2D eigenvalue weighted by Crippen LogP contribution is -2.28. The molecular weight excluding hydrogens is 310 g/mol. The maximum atomic E-state index is 12.1. The van der Waals surface area contributed by atoms with Gasteiger partial charge < -0.3 is 24.3 Å². The fraction of sp³-hybridized carbons (Fsp3) is 0.278. The third-order valence-corrected chi connectivity index (χ3v) is 3.52. The van der Waals surface area contributed by atoms with Crippen LogP contribution in [0.25, 0.3) is 0 Å². The maximum Gasteiger partial charge on any atom is 0.251 e. The molecule has 0 aromatic heterocycles. The lowest BCUT2D eigenvalue weighted by molar-refractivity contribution is 0.0945. The summed E-state index contributed by atoms with van der Waals surface area (Å²) < 4.78 is 21.6. The van der Waals surface area contributed by atoms with E-state index in [1.807, 2.05) is 24.3 Å². The average Bonchev–Trinajstić information content (AvgIpc) is 2.65. The van der Waals surface area contributed by atoms with E-state index in [9.17, 15) is 4.79 Å². The molecule has 0 saturated heterocycles. The summed E-state index contributed by atoms with van der Waals surface area (Å²) in [6.07, 6.45) is 0. The Bertz CT molecular complexity index is 699. The van der Waals surface area contributed by atoms with Crippen LogP contribution in [0.1, 0.15) is 10.4 Å². The minimum Gasteiger partial charge on any atom is -0.497 e. The zero-order valence-electron chi connectivity index (χ0n) is 13.4. The van der Waals surface area contributed by atoms with E-state index in [2.05, 4.69) is 5.32 Å². The molecular formula is C18H19NO5. The van der Waals surface area contributed by atoms with E-state index in [4.69, 9.17) is 18.9 Å². The quantitative estimate of drug-likeness (QED) is 0.824. The first-order valence-electron chi connectivity index (χ1n) is 7.71. The van der Waals surface area contributed by atoms with E-state index < -0.39 is 0 Å². The fourth-order valence-electron chi connectivity index (χ4n) is 2.29. The summed E-state index contributed by atoms with van der Waals surface area (Å²) in [7, 11) is 1.61. The molecule has 3 rings (SSSR count). The van der Waals surface area contributed by atoms with E-state index in [1.54, 1.807) is 25.3 Å². The van der Waals surface area contributed by atoms with Crippen molar-refractivity contribution in [3.8, 4) is 23.0 Å². The normalized spacial score (nSPS) is 12.4. The van der Waals surface area contributed by atoms with E-state index in [-0.39, 0.29) is 5.91 Å². The zero-order chi connectivity index (χ0) is 16.8. The van der Waals surface area contributed by atoms with Crippen LogP contribution in [0.15, 0.2) is 42.5 Å². The molecule has 0 atom stereocenters. The molecule has 0 aliphatic carbocycles. The summed E-state index contributed by atoms with van der Waals surface area (Å²) in [5.74, 6) is 2.59. The van der Waals surface area contributed by atoms with Gasteiger partial charge in [0.1, 0.15) is 31.3 Å². The van der Waals surface area contributed by atoms with Crippen molar-refractivity contribution in [3.05, 3.63) is 48.0 Å². The number of carbonyl (C=O) groups excluding carboxylic acids is 1. The molecule has 6 heteroatoms. The smallest absolute Gasteiger partial charge is 0.251 e. The summed E-state index contributed by atoms with van der Waals surface area (Å²) in [6.45, 7) is 1.80. The molecule has 0 fully saturated rings. The Balaban J connectivity index is 1.47. The third kappa shape index (κ3) is 3.90. The van der Waals surface area contributed by atoms with Gasteiger partial charge in [-0.3, -0.25) is 4.79 Å². The molecule has 2 aromatic rings. The molecule has 1 aliphatic rings. The lowest BCUT2D eigenvalue weighted by Gasteiger charge is -2.18. The highest BCUT2D eigenvalue weighted by Gasteiger charge is 2.14. The van der Waals surface area contributed by atoms with Gasteiger partial charge in [-0.25, -0.2) is 0 Å². The van der Waals surface area contributed by atoms with Crippen molar-refractivity contribution in [2.45, 2.75) is 0 Å². The summed E-state index contributed by atoms with van der Waals surface area (Å²) in [6, 6.07) is 12.4. The number of hydrogen-bond acceptors (Lipinski definition) is 5.